The first-order valence-corrected chi connectivity index (χ1v) is 13.0. The molecule has 1 atom stereocenters. The quantitative estimate of drug-likeness (QED) is 0.318. The van der Waals surface area contributed by atoms with Gasteiger partial charge in [0.25, 0.3) is 5.56 Å². The maximum absolute atomic E-state index is 14.6. The molecule has 13 heteroatoms. The zero-order chi connectivity index (χ0) is 30.3. The van der Waals surface area contributed by atoms with Crippen molar-refractivity contribution in [3.8, 4) is 0 Å². The van der Waals surface area contributed by atoms with Crippen LogP contribution in [-0.2, 0) is 33.7 Å². The van der Waals surface area contributed by atoms with Gasteiger partial charge in [0.15, 0.2) is 11.6 Å². The monoisotopic (exact) mass is 572 g/mol. The molecule has 41 heavy (non-hydrogen) atoms. The minimum Gasteiger partial charge on any atom is -0.453 e. The fourth-order valence-corrected chi connectivity index (χ4v) is 4.17. The Kier molecular flexibility index (Phi) is 10.5. The lowest BCUT2D eigenvalue weighted by Gasteiger charge is -2.16. The number of aromatic nitrogens is 4. The molecule has 0 aromatic carbocycles. The smallest absolute Gasteiger partial charge is 0.407 e. The number of Topliss-reactive ketones (excluding diaryl/α,β-unsaturated/α-hetero) is 1. The van der Waals surface area contributed by atoms with Crippen LogP contribution in [0.15, 0.2) is 35.4 Å². The van der Waals surface area contributed by atoms with E-state index in [9.17, 15) is 28.0 Å². The minimum atomic E-state index is -1.05. The predicted molar refractivity (Wildman–Crippen MR) is 147 cm³/mol. The van der Waals surface area contributed by atoms with Crippen molar-refractivity contribution in [3.63, 3.8) is 0 Å². The number of likely N-dealkylation sites (N-methyl/N-ethyl adjacent to an activating group) is 1. The van der Waals surface area contributed by atoms with Gasteiger partial charge in [-0.2, -0.15) is 0 Å². The number of ketones is 1. The molecule has 2 N–H and O–H groups in total. The van der Waals surface area contributed by atoms with E-state index in [1.807, 2.05) is 13.8 Å². The second kappa shape index (κ2) is 13.8. The highest BCUT2D eigenvalue weighted by molar-refractivity contribution is 5.89. The number of methoxy groups -OCH3 is 1. The Balaban J connectivity index is 1.83. The summed E-state index contributed by atoms with van der Waals surface area (Å²) in [5.74, 6) is -1.72. The fourth-order valence-electron chi connectivity index (χ4n) is 4.17. The highest BCUT2D eigenvalue weighted by atomic mass is 19.1. The molecule has 0 aliphatic heterocycles. The average Bonchev–Trinajstić information content (AvgIpc) is 3.34. The minimum absolute atomic E-state index is 0.0727. The molecule has 0 spiro atoms. The number of halogens is 2. The number of imidazole rings is 1. The largest absolute Gasteiger partial charge is 0.453 e. The van der Waals surface area contributed by atoms with E-state index in [2.05, 4.69) is 25.0 Å². The van der Waals surface area contributed by atoms with E-state index in [1.165, 1.54) is 11.0 Å². The van der Waals surface area contributed by atoms with Gasteiger partial charge in [0.05, 0.1) is 37.1 Å². The van der Waals surface area contributed by atoms with Crippen LogP contribution >= 0.6 is 0 Å². The molecule has 0 aliphatic carbocycles. The van der Waals surface area contributed by atoms with Crippen LogP contribution < -0.4 is 10.9 Å². The lowest BCUT2D eigenvalue weighted by molar-refractivity contribution is -0.123. The van der Waals surface area contributed by atoms with E-state index >= 15 is 0 Å². The topological polar surface area (TPSA) is 139 Å². The van der Waals surface area contributed by atoms with Crippen LogP contribution in [-0.4, -0.2) is 69.4 Å². The van der Waals surface area contributed by atoms with Crippen molar-refractivity contribution in [1.29, 1.82) is 0 Å². The zero-order valence-corrected chi connectivity index (χ0v) is 23.7. The van der Waals surface area contributed by atoms with E-state index < -0.39 is 41.5 Å². The van der Waals surface area contributed by atoms with Crippen molar-refractivity contribution in [1.82, 2.24) is 29.7 Å². The first-order valence-electron chi connectivity index (χ1n) is 13.0. The van der Waals surface area contributed by atoms with Gasteiger partial charge in [0.1, 0.15) is 17.2 Å². The van der Waals surface area contributed by atoms with Crippen LogP contribution in [0.25, 0.3) is 11.0 Å². The summed E-state index contributed by atoms with van der Waals surface area (Å²) in [6, 6.07) is -0.0900. The van der Waals surface area contributed by atoms with Crippen molar-refractivity contribution >= 4 is 28.8 Å². The molecule has 220 valence electrons. The molecule has 3 aromatic heterocycles. The van der Waals surface area contributed by atoms with Crippen molar-refractivity contribution in [2.24, 2.45) is 5.92 Å². The Hall–Kier alpha value is -4.42. The number of ether oxygens (including phenoxy) is 1. The molecule has 0 radical (unpaired) electrons. The number of H-pyrrole nitrogens is 1. The molecule has 3 rings (SSSR count). The average molecular weight is 573 g/mol. The van der Waals surface area contributed by atoms with Gasteiger partial charge in [-0.25, -0.2) is 18.6 Å². The Morgan fingerprint density at radius 1 is 1.24 bits per heavy atom. The van der Waals surface area contributed by atoms with Crippen LogP contribution in [0.1, 0.15) is 43.8 Å². The molecule has 3 aromatic rings. The van der Waals surface area contributed by atoms with E-state index in [0.717, 1.165) is 30.1 Å². The normalized spacial score (nSPS) is 12.2. The number of rotatable bonds is 12. The predicted octanol–water partition coefficient (Wildman–Crippen LogP) is 2.91. The number of carbonyl (C=O) groups is 3. The number of hydrogen-bond acceptors (Lipinski definition) is 7. The number of amides is 2. The van der Waals surface area contributed by atoms with Gasteiger partial charge in [0.2, 0.25) is 5.91 Å². The maximum Gasteiger partial charge on any atom is 0.407 e. The lowest BCUT2D eigenvalue weighted by atomic mass is 10.0. The number of alkyl carbamates (subject to hydrolysis) is 1. The lowest BCUT2D eigenvalue weighted by Crippen LogP contribution is -2.42. The number of fused-ring (bicyclic) bond motifs is 1. The van der Waals surface area contributed by atoms with Crippen LogP contribution in [0.3, 0.4) is 0 Å². The Bertz CT molecular complexity index is 1510. The van der Waals surface area contributed by atoms with Crippen LogP contribution in [0.4, 0.5) is 13.6 Å². The van der Waals surface area contributed by atoms with Gasteiger partial charge in [0, 0.05) is 32.3 Å². The van der Waals surface area contributed by atoms with Crippen molar-refractivity contribution in [2.75, 3.05) is 21.2 Å². The number of pyridine rings is 2. The van der Waals surface area contributed by atoms with Crippen molar-refractivity contribution < 1.29 is 27.9 Å². The first-order chi connectivity index (χ1) is 19.4. The summed E-state index contributed by atoms with van der Waals surface area (Å²) in [5, 5.41) is 2.43. The Morgan fingerprint density at radius 3 is 2.63 bits per heavy atom. The van der Waals surface area contributed by atoms with Crippen LogP contribution in [0, 0.1) is 17.6 Å². The third kappa shape index (κ3) is 8.29. The molecule has 0 bridgehead atoms. The van der Waals surface area contributed by atoms with E-state index in [1.54, 1.807) is 20.2 Å². The summed E-state index contributed by atoms with van der Waals surface area (Å²) in [5.41, 5.74) is 0.331. The van der Waals surface area contributed by atoms with E-state index in [4.69, 9.17) is 0 Å². The van der Waals surface area contributed by atoms with Gasteiger partial charge < -0.3 is 24.5 Å². The van der Waals surface area contributed by atoms with Gasteiger partial charge in [-0.3, -0.25) is 19.4 Å². The molecular weight excluding hydrogens is 538 g/mol. The molecule has 0 aliphatic rings. The molecule has 3 heterocycles. The molecule has 0 fully saturated rings. The third-order valence-corrected chi connectivity index (χ3v) is 6.20. The second-order valence-electron chi connectivity index (χ2n) is 10.2. The summed E-state index contributed by atoms with van der Waals surface area (Å²) < 4.78 is 34.6. The Morgan fingerprint density at radius 2 is 1.98 bits per heavy atom. The van der Waals surface area contributed by atoms with E-state index in [0.29, 0.717) is 17.6 Å². The standard InChI is InChI=1S/C28H34F2N6O5/c1-16(2)10-21-26-25(19(30)13-31-21)33-23(34-26)15-36-14-18(29)11-17(27(36)39)12-22(37)20(32-28(40)41-5)8-6-7-9-24(38)35(3)4/h7,9,11,13-14,16,20H,6,8,10,12,15H2,1-5H3,(H,32,40)(H,33,34)/b9-7+/t20-/m0/s1. The zero-order valence-electron chi connectivity index (χ0n) is 23.7. The molecule has 0 saturated heterocycles. The number of carbonyl (C=O) groups excluding carboxylic acids is 3. The summed E-state index contributed by atoms with van der Waals surface area (Å²) in [6.45, 7) is 3.79. The summed E-state index contributed by atoms with van der Waals surface area (Å²) >= 11 is 0. The highest BCUT2D eigenvalue weighted by Crippen LogP contribution is 2.20. The number of nitrogens with zero attached hydrogens (tertiary/aromatic N) is 4. The number of nitrogens with one attached hydrogen (secondary N) is 2. The second-order valence-corrected chi connectivity index (χ2v) is 10.2. The van der Waals surface area contributed by atoms with Crippen LogP contribution in [0.2, 0.25) is 0 Å². The summed E-state index contributed by atoms with van der Waals surface area (Å²) in [6.07, 6.45) is 4.62. The number of allylic oxidation sites excluding steroid dienone is 1. The summed E-state index contributed by atoms with van der Waals surface area (Å²) in [7, 11) is 4.33. The summed E-state index contributed by atoms with van der Waals surface area (Å²) in [4.78, 5) is 62.7. The van der Waals surface area contributed by atoms with Gasteiger partial charge in [-0.05, 0) is 37.3 Å². The Labute approximate surface area is 235 Å². The van der Waals surface area contributed by atoms with Crippen molar-refractivity contribution in [3.05, 3.63) is 69.7 Å². The molecule has 0 unspecified atom stereocenters. The van der Waals surface area contributed by atoms with Crippen molar-refractivity contribution in [2.45, 2.75) is 52.1 Å². The van der Waals surface area contributed by atoms with E-state index in [-0.39, 0.29) is 48.1 Å². The van der Waals surface area contributed by atoms with Gasteiger partial charge in [-0.1, -0.05) is 19.9 Å². The van der Waals surface area contributed by atoms with Crippen LogP contribution in [0.5, 0.6) is 0 Å². The number of aromatic amines is 1. The maximum atomic E-state index is 14.6. The number of hydrogen-bond donors (Lipinski definition) is 2. The molecule has 0 saturated carbocycles. The highest BCUT2D eigenvalue weighted by Gasteiger charge is 2.23. The molecule has 2 amide bonds. The van der Waals surface area contributed by atoms with Gasteiger partial charge >= 0.3 is 6.09 Å². The fraction of sp³-hybridized carbons (Fsp3) is 0.429. The first kappa shape index (κ1) is 31.1. The molecular formula is C28H34F2N6O5. The van der Waals surface area contributed by atoms with Gasteiger partial charge in [-0.15, -0.1) is 0 Å². The molecule has 11 nitrogen and oxygen atoms in total. The SMILES string of the molecule is COC(=O)N[C@@H](CC/C=C/C(=O)N(C)C)C(=O)Cc1cc(F)cn(Cc2nc3c(F)cnc(CC(C)C)c3[nH]2)c1=O. The third-order valence-electron chi connectivity index (χ3n) is 6.20.